The summed E-state index contributed by atoms with van der Waals surface area (Å²) in [6.07, 6.45) is 3.20. The molecule has 0 unspecified atom stereocenters. The van der Waals surface area contributed by atoms with Gasteiger partial charge in [0, 0.05) is 40.2 Å². The Balaban J connectivity index is 1.66. The van der Waals surface area contributed by atoms with Gasteiger partial charge in [0.2, 0.25) is 5.91 Å². The van der Waals surface area contributed by atoms with Crippen molar-refractivity contribution >= 4 is 11.9 Å². The third-order valence-electron chi connectivity index (χ3n) is 4.83. The summed E-state index contributed by atoms with van der Waals surface area (Å²) >= 11 is 0. The smallest absolute Gasteiger partial charge is 0.222 e. The van der Waals surface area contributed by atoms with E-state index in [1.807, 2.05) is 30.0 Å². The predicted molar refractivity (Wildman–Crippen MR) is 108 cm³/mol. The summed E-state index contributed by atoms with van der Waals surface area (Å²) in [5.74, 6) is 1.96. The number of guanidine groups is 1. The van der Waals surface area contributed by atoms with Crippen LogP contribution in [0.2, 0.25) is 0 Å². The van der Waals surface area contributed by atoms with E-state index in [-0.39, 0.29) is 5.91 Å². The monoisotopic (exact) mass is 383 g/mol. The van der Waals surface area contributed by atoms with Crippen molar-refractivity contribution in [3.8, 4) is 0 Å². The van der Waals surface area contributed by atoms with Gasteiger partial charge in [0.05, 0.1) is 13.1 Å². The fourth-order valence-electron chi connectivity index (χ4n) is 3.30. The van der Waals surface area contributed by atoms with Crippen LogP contribution in [0.4, 0.5) is 0 Å². The Morgan fingerprint density at radius 2 is 2.18 bits per heavy atom. The molecule has 1 aliphatic heterocycles. The summed E-state index contributed by atoms with van der Waals surface area (Å²) in [6.45, 7) is 5.59. The molecule has 1 amide bonds. The first-order valence-corrected chi connectivity index (χ1v) is 9.74. The molecular formula is C20H29N7O. The second-order valence-electron chi connectivity index (χ2n) is 7.06. The number of rotatable bonds is 7. The maximum atomic E-state index is 11.9. The lowest BCUT2D eigenvalue weighted by Gasteiger charge is -2.21. The van der Waals surface area contributed by atoms with Gasteiger partial charge in [-0.05, 0) is 24.5 Å². The lowest BCUT2D eigenvalue weighted by Crippen LogP contribution is -2.39. The lowest BCUT2D eigenvalue weighted by molar-refractivity contribution is -0.128. The third kappa shape index (κ3) is 5.09. The number of carbonyl (C=O) groups excluding carboxylic acids is 1. The number of aryl methyl sites for hydroxylation is 1. The van der Waals surface area contributed by atoms with Crippen LogP contribution in [0.25, 0.3) is 0 Å². The molecule has 0 radical (unpaired) electrons. The average molecular weight is 384 g/mol. The number of amides is 1. The van der Waals surface area contributed by atoms with Crippen molar-refractivity contribution in [3.05, 3.63) is 47.5 Å². The van der Waals surface area contributed by atoms with E-state index < -0.39 is 0 Å². The molecule has 1 N–H and O–H groups in total. The Kier molecular flexibility index (Phi) is 6.62. The first-order valence-electron chi connectivity index (χ1n) is 9.74. The number of aromatic nitrogens is 3. The molecule has 0 bridgehead atoms. The minimum atomic E-state index is 0.253. The third-order valence-corrected chi connectivity index (χ3v) is 4.83. The van der Waals surface area contributed by atoms with Crippen LogP contribution in [0.15, 0.2) is 35.6 Å². The standard InChI is InChI=1S/C20H29N7O/c1-4-21-20(25(2)14-18-23-15-24-26(18)3)22-12-16-7-5-8-17(11-16)13-27-10-6-9-19(27)28/h5,7-8,11,15H,4,6,9-10,12-14H2,1-3H3,(H,21,22). The number of benzene rings is 1. The molecule has 1 aliphatic rings. The van der Waals surface area contributed by atoms with Crippen LogP contribution in [0.5, 0.6) is 0 Å². The van der Waals surface area contributed by atoms with Crippen molar-refractivity contribution in [1.82, 2.24) is 29.9 Å². The van der Waals surface area contributed by atoms with Crippen LogP contribution in [0, 0.1) is 0 Å². The van der Waals surface area contributed by atoms with E-state index in [0.29, 0.717) is 26.1 Å². The zero-order valence-electron chi connectivity index (χ0n) is 16.9. The summed E-state index contributed by atoms with van der Waals surface area (Å²) in [4.78, 5) is 24.9. The molecule has 3 rings (SSSR count). The van der Waals surface area contributed by atoms with Crippen molar-refractivity contribution in [1.29, 1.82) is 0 Å². The van der Waals surface area contributed by atoms with Crippen LogP contribution < -0.4 is 5.32 Å². The van der Waals surface area contributed by atoms with Gasteiger partial charge in [-0.1, -0.05) is 24.3 Å². The normalized spacial score (nSPS) is 14.6. The molecule has 8 heteroatoms. The Bertz CT molecular complexity index is 829. The zero-order chi connectivity index (χ0) is 19.9. The molecule has 8 nitrogen and oxygen atoms in total. The molecule has 0 saturated carbocycles. The summed E-state index contributed by atoms with van der Waals surface area (Å²) < 4.78 is 1.77. The molecule has 1 saturated heterocycles. The highest BCUT2D eigenvalue weighted by molar-refractivity contribution is 5.79. The van der Waals surface area contributed by atoms with Crippen molar-refractivity contribution in [2.75, 3.05) is 20.1 Å². The number of likely N-dealkylation sites (tertiary alicyclic amines) is 1. The maximum Gasteiger partial charge on any atom is 0.222 e. The van der Waals surface area contributed by atoms with Crippen LogP contribution in [-0.4, -0.2) is 56.6 Å². The molecule has 2 aromatic rings. The van der Waals surface area contributed by atoms with E-state index in [9.17, 15) is 4.79 Å². The van der Waals surface area contributed by atoms with Gasteiger partial charge >= 0.3 is 0 Å². The van der Waals surface area contributed by atoms with Crippen LogP contribution in [0.1, 0.15) is 36.7 Å². The minimum absolute atomic E-state index is 0.253. The second-order valence-corrected chi connectivity index (χ2v) is 7.06. The Morgan fingerprint density at radius 3 is 2.86 bits per heavy atom. The number of hydrogen-bond acceptors (Lipinski definition) is 4. The van der Waals surface area contributed by atoms with E-state index in [1.54, 1.807) is 11.0 Å². The topological polar surface area (TPSA) is 78.7 Å². The van der Waals surface area contributed by atoms with E-state index in [1.165, 1.54) is 0 Å². The van der Waals surface area contributed by atoms with E-state index in [0.717, 1.165) is 42.4 Å². The van der Waals surface area contributed by atoms with Gasteiger partial charge in [-0.3, -0.25) is 9.48 Å². The number of carbonyl (C=O) groups is 1. The summed E-state index contributed by atoms with van der Waals surface area (Å²) in [6, 6.07) is 8.33. The van der Waals surface area contributed by atoms with Gasteiger partial charge in [-0.25, -0.2) is 9.98 Å². The lowest BCUT2D eigenvalue weighted by atomic mass is 10.1. The van der Waals surface area contributed by atoms with Gasteiger partial charge in [0.1, 0.15) is 12.2 Å². The molecule has 0 spiro atoms. The number of nitrogens with zero attached hydrogens (tertiary/aromatic N) is 6. The molecule has 0 aliphatic carbocycles. The average Bonchev–Trinajstić information content (AvgIpc) is 3.27. The highest BCUT2D eigenvalue weighted by Crippen LogP contribution is 2.15. The van der Waals surface area contributed by atoms with Crippen molar-refractivity contribution in [2.45, 2.75) is 39.4 Å². The largest absolute Gasteiger partial charge is 0.357 e. The van der Waals surface area contributed by atoms with Crippen LogP contribution in [-0.2, 0) is 31.5 Å². The van der Waals surface area contributed by atoms with Crippen molar-refractivity contribution < 1.29 is 4.79 Å². The number of aliphatic imine (C=N–C) groups is 1. The van der Waals surface area contributed by atoms with Crippen LogP contribution in [0.3, 0.4) is 0 Å². The van der Waals surface area contributed by atoms with Gasteiger partial charge in [0.15, 0.2) is 5.96 Å². The fraction of sp³-hybridized carbons (Fsp3) is 0.500. The van der Waals surface area contributed by atoms with Crippen LogP contribution >= 0.6 is 0 Å². The maximum absolute atomic E-state index is 11.9. The van der Waals surface area contributed by atoms with Gasteiger partial charge in [-0.2, -0.15) is 5.10 Å². The molecule has 150 valence electrons. The van der Waals surface area contributed by atoms with E-state index in [2.05, 4.69) is 40.5 Å². The highest BCUT2D eigenvalue weighted by atomic mass is 16.2. The van der Waals surface area contributed by atoms with Gasteiger partial charge in [-0.15, -0.1) is 0 Å². The number of hydrogen-bond donors (Lipinski definition) is 1. The van der Waals surface area contributed by atoms with E-state index in [4.69, 9.17) is 4.99 Å². The number of nitrogens with one attached hydrogen (secondary N) is 1. The summed E-state index contributed by atoms with van der Waals surface area (Å²) in [7, 11) is 3.88. The van der Waals surface area contributed by atoms with E-state index >= 15 is 0 Å². The van der Waals surface area contributed by atoms with Gasteiger partial charge < -0.3 is 15.1 Å². The zero-order valence-corrected chi connectivity index (χ0v) is 16.9. The molecule has 1 aromatic carbocycles. The molecule has 1 fully saturated rings. The second kappa shape index (κ2) is 9.34. The highest BCUT2D eigenvalue weighted by Gasteiger charge is 2.19. The first-order chi connectivity index (χ1) is 13.6. The Morgan fingerprint density at radius 1 is 1.36 bits per heavy atom. The van der Waals surface area contributed by atoms with Gasteiger partial charge in [0.25, 0.3) is 0 Å². The molecule has 2 heterocycles. The van der Waals surface area contributed by atoms with Crippen molar-refractivity contribution in [2.24, 2.45) is 12.0 Å². The fourth-order valence-corrected chi connectivity index (χ4v) is 3.30. The van der Waals surface area contributed by atoms with Crippen molar-refractivity contribution in [3.63, 3.8) is 0 Å². The first kappa shape index (κ1) is 19.9. The minimum Gasteiger partial charge on any atom is -0.357 e. The SMILES string of the molecule is CCNC(=NCc1cccc(CN2CCCC2=O)c1)N(C)Cc1ncnn1C. The Hall–Kier alpha value is -2.90. The molecule has 1 aromatic heterocycles. The molecule has 0 atom stereocenters. The predicted octanol–water partition coefficient (Wildman–Crippen LogP) is 1.54. The Labute approximate surface area is 166 Å². The quantitative estimate of drug-likeness (QED) is 0.580. The summed E-state index contributed by atoms with van der Waals surface area (Å²) in [5.41, 5.74) is 2.28. The molecular weight excluding hydrogens is 354 g/mol. The summed E-state index contributed by atoms with van der Waals surface area (Å²) in [5, 5.41) is 7.45. The molecule has 28 heavy (non-hydrogen) atoms.